The summed E-state index contributed by atoms with van der Waals surface area (Å²) < 4.78 is 4.47. The standard InChI is InChI=1S/C8H16N2O3S/c1-6(8(12)10-9)5-14-4-3-7(11)13-2/h6H,3-5,9H2,1-2H3,(H,10,12). The van der Waals surface area contributed by atoms with Gasteiger partial charge in [-0.25, -0.2) is 5.84 Å². The molecule has 1 amide bonds. The molecule has 0 aromatic rings. The molecular formula is C8H16N2O3S. The zero-order valence-electron chi connectivity index (χ0n) is 8.41. The second-order valence-electron chi connectivity index (χ2n) is 2.81. The average Bonchev–Trinajstić information content (AvgIpc) is 2.22. The quantitative estimate of drug-likeness (QED) is 0.215. The molecule has 0 heterocycles. The van der Waals surface area contributed by atoms with Crippen LogP contribution in [0.15, 0.2) is 0 Å². The van der Waals surface area contributed by atoms with Gasteiger partial charge in [0.25, 0.3) is 0 Å². The summed E-state index contributed by atoms with van der Waals surface area (Å²) in [5.41, 5.74) is 2.08. The summed E-state index contributed by atoms with van der Waals surface area (Å²) in [4.78, 5) is 21.7. The van der Waals surface area contributed by atoms with Crippen LogP contribution in [0.5, 0.6) is 0 Å². The van der Waals surface area contributed by atoms with Crippen LogP contribution in [-0.2, 0) is 14.3 Å². The first-order valence-corrected chi connectivity index (χ1v) is 5.42. The third-order valence-corrected chi connectivity index (χ3v) is 2.86. The van der Waals surface area contributed by atoms with E-state index in [1.165, 1.54) is 18.9 Å². The number of nitrogens with one attached hydrogen (secondary N) is 1. The fourth-order valence-electron chi connectivity index (χ4n) is 0.736. The van der Waals surface area contributed by atoms with Crippen LogP contribution in [0.25, 0.3) is 0 Å². The van der Waals surface area contributed by atoms with Crippen molar-refractivity contribution in [2.45, 2.75) is 13.3 Å². The minimum atomic E-state index is -0.228. The lowest BCUT2D eigenvalue weighted by atomic mass is 10.2. The van der Waals surface area contributed by atoms with Crippen molar-refractivity contribution in [2.75, 3.05) is 18.6 Å². The Morgan fingerprint density at radius 2 is 2.21 bits per heavy atom. The van der Waals surface area contributed by atoms with Gasteiger partial charge >= 0.3 is 5.97 Å². The molecular weight excluding hydrogens is 204 g/mol. The van der Waals surface area contributed by atoms with E-state index in [4.69, 9.17) is 5.84 Å². The fourth-order valence-corrected chi connectivity index (χ4v) is 1.72. The van der Waals surface area contributed by atoms with Gasteiger partial charge in [0.1, 0.15) is 0 Å². The summed E-state index contributed by atoms with van der Waals surface area (Å²) in [6.45, 7) is 1.79. The van der Waals surface area contributed by atoms with E-state index in [0.717, 1.165) is 0 Å². The third-order valence-electron chi connectivity index (χ3n) is 1.64. The zero-order chi connectivity index (χ0) is 11.0. The molecule has 3 N–H and O–H groups in total. The second kappa shape index (κ2) is 7.64. The first kappa shape index (κ1) is 13.2. The molecule has 6 heteroatoms. The first-order chi connectivity index (χ1) is 6.61. The summed E-state index contributed by atoms with van der Waals surface area (Å²) >= 11 is 1.53. The number of hydrazine groups is 1. The fraction of sp³-hybridized carbons (Fsp3) is 0.750. The van der Waals surface area contributed by atoms with Gasteiger partial charge in [-0.3, -0.25) is 15.0 Å². The van der Waals surface area contributed by atoms with Crippen LogP contribution in [0.4, 0.5) is 0 Å². The predicted octanol–water partition coefficient (Wildman–Crippen LogP) is -0.0913. The molecule has 1 unspecified atom stereocenters. The van der Waals surface area contributed by atoms with Gasteiger partial charge < -0.3 is 4.74 Å². The maximum Gasteiger partial charge on any atom is 0.306 e. The van der Waals surface area contributed by atoms with Crippen LogP contribution in [0.2, 0.25) is 0 Å². The van der Waals surface area contributed by atoms with E-state index in [-0.39, 0.29) is 17.8 Å². The van der Waals surface area contributed by atoms with Crippen LogP contribution in [0, 0.1) is 5.92 Å². The number of ether oxygens (including phenoxy) is 1. The number of thioether (sulfide) groups is 1. The number of rotatable bonds is 6. The van der Waals surface area contributed by atoms with Gasteiger partial charge in [-0.05, 0) is 0 Å². The maximum absolute atomic E-state index is 11.0. The molecule has 0 fully saturated rings. The van der Waals surface area contributed by atoms with Gasteiger partial charge in [0, 0.05) is 17.4 Å². The number of nitrogens with two attached hydrogens (primary N) is 1. The van der Waals surface area contributed by atoms with E-state index in [1.807, 2.05) is 0 Å². The van der Waals surface area contributed by atoms with Crippen LogP contribution in [-0.4, -0.2) is 30.5 Å². The number of hydrogen-bond acceptors (Lipinski definition) is 5. The summed E-state index contributed by atoms with van der Waals surface area (Å²) in [6, 6.07) is 0. The highest BCUT2D eigenvalue weighted by Gasteiger charge is 2.11. The molecule has 5 nitrogen and oxygen atoms in total. The number of hydrogen-bond donors (Lipinski definition) is 2. The van der Waals surface area contributed by atoms with Crippen LogP contribution in [0.1, 0.15) is 13.3 Å². The topological polar surface area (TPSA) is 81.4 Å². The molecule has 0 spiro atoms. The van der Waals surface area contributed by atoms with E-state index >= 15 is 0 Å². The van der Waals surface area contributed by atoms with E-state index in [1.54, 1.807) is 6.92 Å². The Morgan fingerprint density at radius 3 is 2.71 bits per heavy atom. The first-order valence-electron chi connectivity index (χ1n) is 4.26. The molecule has 82 valence electrons. The van der Waals surface area contributed by atoms with Gasteiger partial charge in [0.2, 0.25) is 5.91 Å². The van der Waals surface area contributed by atoms with Crippen molar-refractivity contribution >= 4 is 23.6 Å². The smallest absolute Gasteiger partial charge is 0.306 e. The van der Waals surface area contributed by atoms with Crippen LogP contribution >= 0.6 is 11.8 Å². The van der Waals surface area contributed by atoms with Gasteiger partial charge in [0.05, 0.1) is 13.5 Å². The summed E-state index contributed by atoms with van der Waals surface area (Å²) in [7, 11) is 1.36. The van der Waals surface area contributed by atoms with Crippen molar-refractivity contribution in [3.63, 3.8) is 0 Å². The van der Waals surface area contributed by atoms with Crippen molar-refractivity contribution in [2.24, 2.45) is 11.8 Å². The maximum atomic E-state index is 11.0. The molecule has 0 rings (SSSR count). The largest absolute Gasteiger partial charge is 0.469 e. The molecule has 0 aliphatic rings. The Bertz CT molecular complexity index is 199. The van der Waals surface area contributed by atoms with Crippen molar-refractivity contribution in [3.05, 3.63) is 0 Å². The highest BCUT2D eigenvalue weighted by molar-refractivity contribution is 7.99. The van der Waals surface area contributed by atoms with Crippen molar-refractivity contribution in [1.82, 2.24) is 5.43 Å². The number of amides is 1. The SMILES string of the molecule is COC(=O)CCSCC(C)C(=O)NN. The lowest BCUT2D eigenvalue weighted by Crippen LogP contribution is -2.35. The summed E-state index contributed by atoms with van der Waals surface area (Å²) in [5, 5.41) is 0. The molecule has 0 saturated carbocycles. The molecule has 0 bridgehead atoms. The lowest BCUT2D eigenvalue weighted by molar-refractivity contribution is -0.140. The van der Waals surface area contributed by atoms with E-state index in [9.17, 15) is 9.59 Å². The molecule has 0 aliphatic heterocycles. The van der Waals surface area contributed by atoms with Gasteiger partial charge in [-0.2, -0.15) is 11.8 Å². The van der Waals surface area contributed by atoms with Gasteiger partial charge in [0.15, 0.2) is 0 Å². The molecule has 0 aromatic heterocycles. The third kappa shape index (κ3) is 5.82. The summed E-state index contributed by atoms with van der Waals surface area (Å²) in [5.74, 6) is 5.73. The number of esters is 1. The Kier molecular flexibility index (Phi) is 7.23. The molecule has 0 aliphatic carbocycles. The molecule has 0 aromatic carbocycles. The highest BCUT2D eigenvalue weighted by Crippen LogP contribution is 2.09. The molecule has 0 saturated heterocycles. The van der Waals surface area contributed by atoms with Gasteiger partial charge in [-0.15, -0.1) is 0 Å². The van der Waals surface area contributed by atoms with E-state index in [2.05, 4.69) is 10.2 Å². The molecule has 0 radical (unpaired) electrons. The Morgan fingerprint density at radius 1 is 1.57 bits per heavy atom. The molecule has 1 atom stereocenters. The van der Waals surface area contributed by atoms with Gasteiger partial charge in [-0.1, -0.05) is 6.92 Å². The zero-order valence-corrected chi connectivity index (χ0v) is 9.23. The minimum Gasteiger partial charge on any atom is -0.469 e. The molecule has 14 heavy (non-hydrogen) atoms. The second-order valence-corrected chi connectivity index (χ2v) is 3.96. The number of carbonyl (C=O) groups excluding carboxylic acids is 2. The van der Waals surface area contributed by atoms with Crippen LogP contribution < -0.4 is 11.3 Å². The number of methoxy groups -OCH3 is 1. The monoisotopic (exact) mass is 220 g/mol. The Labute approximate surface area is 87.7 Å². The van der Waals surface area contributed by atoms with E-state index in [0.29, 0.717) is 17.9 Å². The average molecular weight is 220 g/mol. The Balaban J connectivity index is 3.45. The highest BCUT2D eigenvalue weighted by atomic mass is 32.2. The van der Waals surface area contributed by atoms with E-state index < -0.39 is 0 Å². The summed E-state index contributed by atoms with van der Waals surface area (Å²) in [6.07, 6.45) is 0.373. The van der Waals surface area contributed by atoms with Crippen molar-refractivity contribution in [3.8, 4) is 0 Å². The van der Waals surface area contributed by atoms with Crippen molar-refractivity contribution < 1.29 is 14.3 Å². The lowest BCUT2D eigenvalue weighted by Gasteiger charge is -2.08. The normalized spacial score (nSPS) is 11.9. The predicted molar refractivity (Wildman–Crippen MR) is 55.5 cm³/mol. The van der Waals surface area contributed by atoms with Crippen LogP contribution in [0.3, 0.4) is 0 Å². The number of carbonyl (C=O) groups is 2. The van der Waals surface area contributed by atoms with Crippen molar-refractivity contribution in [1.29, 1.82) is 0 Å². The minimum absolute atomic E-state index is 0.136. The Hall–Kier alpha value is -0.750.